The predicted molar refractivity (Wildman–Crippen MR) is 52.8 cm³/mol. The van der Waals surface area contributed by atoms with E-state index in [-0.39, 0.29) is 17.9 Å². The number of aromatic amines is 1. The van der Waals surface area contributed by atoms with Crippen molar-refractivity contribution in [3.8, 4) is 0 Å². The van der Waals surface area contributed by atoms with Crippen LogP contribution >= 0.6 is 12.2 Å². The first kappa shape index (κ1) is 12.3. The smallest absolute Gasteiger partial charge is 0.344 e. The van der Waals surface area contributed by atoms with Crippen molar-refractivity contribution in [1.29, 1.82) is 0 Å². The van der Waals surface area contributed by atoms with Gasteiger partial charge in [0.05, 0.1) is 6.61 Å². The first-order chi connectivity index (χ1) is 7.63. The van der Waals surface area contributed by atoms with Gasteiger partial charge in [-0.15, -0.1) is 0 Å². The van der Waals surface area contributed by atoms with Crippen LogP contribution in [-0.2, 0) is 25.6 Å². The number of nitrogens with zero attached hydrogens (tertiary/aromatic N) is 3. The van der Waals surface area contributed by atoms with Crippen LogP contribution in [0, 0.1) is 4.77 Å². The quantitative estimate of drug-likeness (QED) is 0.549. The number of ether oxygens (including phenoxy) is 2. The summed E-state index contributed by atoms with van der Waals surface area (Å²) in [5.41, 5.74) is 0. The molecule has 0 aliphatic heterocycles. The highest BCUT2D eigenvalue weighted by molar-refractivity contribution is 7.71. The highest BCUT2D eigenvalue weighted by atomic mass is 32.1. The predicted octanol–water partition coefficient (Wildman–Crippen LogP) is -0.558. The van der Waals surface area contributed by atoms with Crippen LogP contribution < -0.4 is 0 Å². The number of hydrogen-bond donors (Lipinski definition) is 1. The number of carbonyl (C=O) groups excluding carboxylic acids is 2. The molecule has 0 unspecified atom stereocenters. The maximum atomic E-state index is 11.2. The molecule has 0 radical (unpaired) electrons. The Kier molecular flexibility index (Phi) is 4.58. The number of tetrazole rings is 1. The summed E-state index contributed by atoms with van der Waals surface area (Å²) in [7, 11) is 0. The molecule has 1 N–H and O–H groups in total. The van der Waals surface area contributed by atoms with Gasteiger partial charge in [0.15, 0.2) is 6.61 Å². The Morgan fingerprint density at radius 2 is 2.19 bits per heavy atom. The van der Waals surface area contributed by atoms with Gasteiger partial charge in [0.25, 0.3) is 0 Å². The zero-order valence-electron chi connectivity index (χ0n) is 8.50. The van der Waals surface area contributed by atoms with Crippen molar-refractivity contribution >= 4 is 24.2 Å². The zero-order chi connectivity index (χ0) is 12.0. The van der Waals surface area contributed by atoms with E-state index < -0.39 is 18.5 Å². The maximum Gasteiger partial charge on any atom is 0.344 e. The van der Waals surface area contributed by atoms with E-state index in [0.29, 0.717) is 0 Å². The van der Waals surface area contributed by atoms with Crippen LogP contribution in [0.1, 0.15) is 6.92 Å². The normalized spacial score (nSPS) is 9.81. The monoisotopic (exact) mass is 246 g/mol. The number of esters is 2. The van der Waals surface area contributed by atoms with Crippen molar-refractivity contribution in [3.63, 3.8) is 0 Å². The fraction of sp³-hybridized carbons (Fsp3) is 0.571. The lowest BCUT2D eigenvalue weighted by Gasteiger charge is -2.04. The lowest BCUT2D eigenvalue weighted by Crippen LogP contribution is -2.20. The van der Waals surface area contributed by atoms with E-state index in [0.717, 1.165) is 0 Å². The lowest BCUT2D eigenvalue weighted by molar-refractivity contribution is -0.158. The van der Waals surface area contributed by atoms with Gasteiger partial charge in [-0.3, -0.25) is 4.79 Å². The third kappa shape index (κ3) is 3.77. The van der Waals surface area contributed by atoms with E-state index >= 15 is 0 Å². The summed E-state index contributed by atoms with van der Waals surface area (Å²) < 4.78 is 10.5. The van der Waals surface area contributed by atoms with E-state index in [1.807, 2.05) is 0 Å². The molecule has 0 bridgehead atoms. The molecule has 0 aliphatic rings. The summed E-state index contributed by atoms with van der Waals surface area (Å²) in [5, 5.41) is 9.23. The molecule has 8 nitrogen and oxygen atoms in total. The molecule has 9 heteroatoms. The van der Waals surface area contributed by atoms with Crippen LogP contribution in [0.15, 0.2) is 0 Å². The van der Waals surface area contributed by atoms with Gasteiger partial charge in [-0.1, -0.05) is 10.3 Å². The number of hydrogen-bond acceptors (Lipinski definition) is 7. The minimum Gasteiger partial charge on any atom is -0.463 e. The van der Waals surface area contributed by atoms with Gasteiger partial charge >= 0.3 is 11.9 Å². The Balaban J connectivity index is 2.35. The van der Waals surface area contributed by atoms with Crippen LogP contribution in [0.4, 0.5) is 0 Å². The van der Waals surface area contributed by atoms with E-state index in [1.165, 1.54) is 4.68 Å². The molecular weight excluding hydrogens is 236 g/mol. The highest BCUT2D eigenvalue weighted by Crippen LogP contribution is 1.88. The highest BCUT2D eigenvalue weighted by Gasteiger charge is 2.09. The standard InChI is InChI=1S/C7H10N4O4S/c1-2-14-6(13)4-15-5(12)3-11-7(16)8-9-10-11/h2-4H2,1H3,(H,8,10,16). The van der Waals surface area contributed by atoms with Crippen LogP contribution in [0.5, 0.6) is 0 Å². The van der Waals surface area contributed by atoms with Crippen molar-refractivity contribution in [2.45, 2.75) is 13.5 Å². The first-order valence-corrected chi connectivity index (χ1v) is 4.83. The van der Waals surface area contributed by atoms with Crippen LogP contribution in [0.2, 0.25) is 0 Å². The maximum absolute atomic E-state index is 11.2. The Morgan fingerprint density at radius 3 is 2.75 bits per heavy atom. The van der Waals surface area contributed by atoms with Crippen LogP contribution in [-0.4, -0.2) is 45.4 Å². The minimum absolute atomic E-state index is 0.132. The second-order valence-corrected chi connectivity index (χ2v) is 3.00. The molecule has 0 amide bonds. The van der Waals surface area contributed by atoms with Crippen molar-refractivity contribution < 1.29 is 19.1 Å². The topological polar surface area (TPSA) is 99.1 Å². The molecule has 0 saturated heterocycles. The average molecular weight is 246 g/mol. The molecule has 1 aromatic heterocycles. The summed E-state index contributed by atoms with van der Waals surface area (Å²) in [5.74, 6) is -1.22. The fourth-order valence-electron chi connectivity index (χ4n) is 0.836. The molecule has 88 valence electrons. The summed E-state index contributed by atoms with van der Waals surface area (Å²) >= 11 is 4.74. The second kappa shape index (κ2) is 5.95. The van der Waals surface area contributed by atoms with Gasteiger partial charge in [0.2, 0.25) is 4.77 Å². The van der Waals surface area contributed by atoms with E-state index in [2.05, 4.69) is 25.0 Å². The van der Waals surface area contributed by atoms with Gasteiger partial charge in [0, 0.05) is 0 Å². The van der Waals surface area contributed by atoms with E-state index in [9.17, 15) is 9.59 Å². The van der Waals surface area contributed by atoms with Gasteiger partial charge in [-0.05, 0) is 19.1 Å². The molecule has 0 aliphatic carbocycles. The molecule has 0 spiro atoms. The molecule has 0 saturated carbocycles. The van der Waals surface area contributed by atoms with Crippen molar-refractivity contribution in [2.75, 3.05) is 13.2 Å². The summed E-state index contributed by atoms with van der Waals surface area (Å²) in [6.45, 7) is 1.31. The molecule has 0 atom stereocenters. The van der Waals surface area contributed by atoms with Gasteiger partial charge in [0.1, 0.15) is 6.54 Å². The first-order valence-electron chi connectivity index (χ1n) is 4.42. The number of H-pyrrole nitrogens is 1. The number of nitrogens with one attached hydrogen (secondary N) is 1. The van der Waals surface area contributed by atoms with Crippen LogP contribution in [0.25, 0.3) is 0 Å². The molecule has 1 heterocycles. The summed E-state index contributed by atoms with van der Waals surface area (Å²) in [6, 6.07) is 0. The third-order valence-electron chi connectivity index (χ3n) is 1.48. The van der Waals surface area contributed by atoms with Crippen molar-refractivity contribution in [3.05, 3.63) is 4.77 Å². The molecule has 1 aromatic rings. The fourth-order valence-corrected chi connectivity index (χ4v) is 0.982. The Labute approximate surface area is 95.5 Å². The van der Waals surface area contributed by atoms with Gasteiger partial charge in [-0.25, -0.2) is 9.48 Å². The summed E-state index contributed by atoms with van der Waals surface area (Å²) in [4.78, 5) is 22.1. The summed E-state index contributed by atoms with van der Waals surface area (Å²) in [6.07, 6.45) is 0. The molecule has 0 aromatic carbocycles. The molecule has 1 rings (SSSR count). The number of carbonyl (C=O) groups is 2. The third-order valence-corrected chi connectivity index (χ3v) is 1.78. The molecule has 0 fully saturated rings. The van der Waals surface area contributed by atoms with Crippen molar-refractivity contribution in [1.82, 2.24) is 20.2 Å². The Morgan fingerprint density at radius 1 is 1.44 bits per heavy atom. The molecular formula is C7H10N4O4S. The largest absolute Gasteiger partial charge is 0.463 e. The van der Waals surface area contributed by atoms with Crippen LogP contribution in [0.3, 0.4) is 0 Å². The minimum atomic E-state index is -0.629. The number of aromatic nitrogens is 4. The SMILES string of the molecule is CCOC(=O)COC(=O)Cn1[nH]nnc1=S. The lowest BCUT2D eigenvalue weighted by atomic mass is 10.6. The second-order valence-electron chi connectivity index (χ2n) is 2.63. The zero-order valence-corrected chi connectivity index (χ0v) is 9.32. The Bertz CT molecular complexity index is 426. The van der Waals surface area contributed by atoms with Gasteiger partial charge < -0.3 is 9.47 Å². The Hall–Kier alpha value is -1.77. The van der Waals surface area contributed by atoms with Crippen molar-refractivity contribution in [2.24, 2.45) is 0 Å². The number of rotatable bonds is 5. The van der Waals surface area contributed by atoms with E-state index in [1.54, 1.807) is 6.92 Å². The van der Waals surface area contributed by atoms with E-state index in [4.69, 9.17) is 12.2 Å². The average Bonchev–Trinajstić information content (AvgIpc) is 2.62. The molecule has 16 heavy (non-hydrogen) atoms. The van der Waals surface area contributed by atoms with Gasteiger partial charge in [-0.2, -0.15) is 5.21 Å².